The number of carbonyl (C=O) groups is 1. The van der Waals surface area contributed by atoms with Crippen molar-refractivity contribution in [1.29, 1.82) is 0 Å². The number of amides is 1. The minimum atomic E-state index is -0.365. The van der Waals surface area contributed by atoms with Gasteiger partial charge in [-0.3, -0.25) is 4.79 Å². The highest BCUT2D eigenvalue weighted by atomic mass is 35.5. The predicted molar refractivity (Wildman–Crippen MR) is 91.7 cm³/mol. The zero-order valence-electron chi connectivity index (χ0n) is 12.4. The molecule has 1 amide bonds. The molecular formula is C16H17ClN4O. The summed E-state index contributed by atoms with van der Waals surface area (Å²) in [5.41, 5.74) is 10.7. The number of hydrogen-bond acceptors (Lipinski definition) is 4. The number of nitrogens with two attached hydrogens (primary N) is 1. The van der Waals surface area contributed by atoms with Crippen LogP contribution >= 0.6 is 11.6 Å². The Morgan fingerprint density at radius 3 is 2.64 bits per heavy atom. The largest absolute Gasteiger partial charge is 0.398 e. The highest BCUT2D eigenvalue weighted by molar-refractivity contribution is 6.33. The van der Waals surface area contributed by atoms with E-state index in [1.807, 2.05) is 37.2 Å². The molecule has 0 aliphatic rings. The van der Waals surface area contributed by atoms with Crippen molar-refractivity contribution in [2.24, 2.45) is 5.10 Å². The lowest BCUT2D eigenvalue weighted by molar-refractivity contribution is 0.0956. The fourth-order valence-corrected chi connectivity index (χ4v) is 2.05. The Hall–Kier alpha value is -2.53. The van der Waals surface area contributed by atoms with Crippen molar-refractivity contribution in [1.82, 2.24) is 5.43 Å². The third kappa shape index (κ3) is 3.77. The molecule has 0 fully saturated rings. The third-order valence-electron chi connectivity index (χ3n) is 3.08. The molecule has 2 aromatic rings. The number of rotatable bonds is 4. The maximum absolute atomic E-state index is 11.9. The van der Waals surface area contributed by atoms with Gasteiger partial charge in [0.1, 0.15) is 0 Å². The number of nitrogen functional groups attached to an aromatic ring is 1. The van der Waals surface area contributed by atoms with Gasteiger partial charge in [-0.2, -0.15) is 5.10 Å². The first-order valence-electron chi connectivity index (χ1n) is 6.64. The van der Waals surface area contributed by atoms with Crippen LogP contribution in [0, 0.1) is 0 Å². The molecule has 3 N–H and O–H groups in total. The summed E-state index contributed by atoms with van der Waals surface area (Å²) in [7, 11) is 3.87. The lowest BCUT2D eigenvalue weighted by Gasteiger charge is -2.13. The minimum absolute atomic E-state index is 0.365. The van der Waals surface area contributed by atoms with Crippen molar-refractivity contribution >= 4 is 35.1 Å². The molecule has 0 saturated carbocycles. The number of hydrogen-bond donors (Lipinski definition) is 2. The molecule has 0 atom stereocenters. The first kappa shape index (κ1) is 15.9. The molecule has 6 heteroatoms. The maximum Gasteiger partial charge on any atom is 0.273 e. The zero-order valence-corrected chi connectivity index (χ0v) is 13.1. The Morgan fingerprint density at radius 2 is 2.00 bits per heavy atom. The number of hydrazone groups is 1. The van der Waals surface area contributed by atoms with E-state index in [9.17, 15) is 4.79 Å². The summed E-state index contributed by atoms with van der Waals surface area (Å²) in [5.74, 6) is -0.365. The maximum atomic E-state index is 11.9. The second-order valence-corrected chi connectivity index (χ2v) is 5.29. The van der Waals surface area contributed by atoms with Crippen LogP contribution in [0.5, 0.6) is 0 Å². The Bertz CT molecular complexity index is 713. The van der Waals surface area contributed by atoms with Gasteiger partial charge in [0.2, 0.25) is 0 Å². The molecule has 2 aromatic carbocycles. The van der Waals surface area contributed by atoms with Crippen molar-refractivity contribution in [2.45, 2.75) is 0 Å². The van der Waals surface area contributed by atoms with Gasteiger partial charge in [0.15, 0.2) is 0 Å². The normalized spacial score (nSPS) is 10.7. The molecule has 5 nitrogen and oxygen atoms in total. The van der Waals surface area contributed by atoms with Crippen molar-refractivity contribution in [2.75, 3.05) is 24.7 Å². The van der Waals surface area contributed by atoms with Gasteiger partial charge in [-0.05, 0) is 30.3 Å². The topological polar surface area (TPSA) is 70.7 Å². The fourth-order valence-electron chi connectivity index (χ4n) is 1.82. The number of anilines is 2. The highest BCUT2D eigenvalue weighted by Gasteiger charge is 2.07. The molecule has 0 radical (unpaired) electrons. The second kappa shape index (κ2) is 6.95. The molecule has 0 aliphatic heterocycles. The molecule has 2 rings (SSSR count). The van der Waals surface area contributed by atoms with Gasteiger partial charge in [0, 0.05) is 31.0 Å². The summed E-state index contributed by atoms with van der Waals surface area (Å²) in [6, 6.07) is 12.4. The Labute approximate surface area is 134 Å². The van der Waals surface area contributed by atoms with E-state index in [4.69, 9.17) is 17.3 Å². The molecule has 0 bridgehead atoms. The monoisotopic (exact) mass is 316 g/mol. The number of nitrogens with one attached hydrogen (secondary N) is 1. The van der Waals surface area contributed by atoms with Crippen molar-refractivity contribution in [3.8, 4) is 0 Å². The molecule has 22 heavy (non-hydrogen) atoms. The van der Waals surface area contributed by atoms with Gasteiger partial charge in [-0.1, -0.05) is 23.7 Å². The summed E-state index contributed by atoms with van der Waals surface area (Å²) in [6.45, 7) is 0. The van der Waals surface area contributed by atoms with E-state index in [1.165, 1.54) is 6.21 Å². The minimum Gasteiger partial charge on any atom is -0.398 e. The average molecular weight is 317 g/mol. The van der Waals surface area contributed by atoms with Gasteiger partial charge in [-0.25, -0.2) is 5.43 Å². The fraction of sp³-hybridized carbons (Fsp3) is 0.125. The average Bonchev–Trinajstić information content (AvgIpc) is 2.49. The van der Waals surface area contributed by atoms with E-state index in [0.717, 1.165) is 5.69 Å². The van der Waals surface area contributed by atoms with E-state index in [2.05, 4.69) is 10.5 Å². The number of para-hydroxylation sites is 1. The second-order valence-electron chi connectivity index (χ2n) is 4.89. The van der Waals surface area contributed by atoms with Gasteiger partial charge in [0.05, 0.1) is 16.8 Å². The van der Waals surface area contributed by atoms with E-state index < -0.39 is 0 Å². The molecular weight excluding hydrogens is 300 g/mol. The Morgan fingerprint density at radius 1 is 1.27 bits per heavy atom. The van der Waals surface area contributed by atoms with Crippen LogP contribution in [-0.2, 0) is 0 Å². The summed E-state index contributed by atoms with van der Waals surface area (Å²) < 4.78 is 0. The smallest absolute Gasteiger partial charge is 0.273 e. The Kier molecular flexibility index (Phi) is 5.01. The van der Waals surface area contributed by atoms with Crippen LogP contribution < -0.4 is 16.1 Å². The zero-order chi connectivity index (χ0) is 16.1. The summed E-state index contributed by atoms with van der Waals surface area (Å²) in [6.07, 6.45) is 1.50. The molecule has 0 aliphatic carbocycles. The van der Waals surface area contributed by atoms with Crippen molar-refractivity contribution < 1.29 is 4.79 Å². The first-order valence-corrected chi connectivity index (χ1v) is 7.01. The van der Waals surface area contributed by atoms with Gasteiger partial charge >= 0.3 is 0 Å². The highest BCUT2D eigenvalue weighted by Crippen LogP contribution is 2.21. The first-order chi connectivity index (χ1) is 10.5. The Balaban J connectivity index is 2.07. The SMILES string of the molecule is CN(C)c1ccc(/C=N\NC(=O)c2ccccc2N)c(Cl)c1. The van der Waals surface area contributed by atoms with Crippen molar-refractivity contribution in [3.05, 3.63) is 58.6 Å². The van der Waals surface area contributed by atoms with Crippen LogP contribution in [0.4, 0.5) is 11.4 Å². The summed E-state index contributed by atoms with van der Waals surface area (Å²) >= 11 is 6.18. The standard InChI is InChI=1S/C16H17ClN4O/c1-21(2)12-8-7-11(14(17)9-12)10-19-20-16(22)13-5-3-4-6-15(13)18/h3-10H,18H2,1-2H3,(H,20,22)/b19-10-. The molecule has 0 spiro atoms. The predicted octanol–water partition coefficient (Wildman–Crippen LogP) is 2.75. The molecule has 0 saturated heterocycles. The molecule has 0 aromatic heterocycles. The summed E-state index contributed by atoms with van der Waals surface area (Å²) in [5, 5.41) is 4.47. The van der Waals surface area contributed by atoms with Crippen LogP contribution in [0.3, 0.4) is 0 Å². The van der Waals surface area contributed by atoms with Crippen molar-refractivity contribution in [3.63, 3.8) is 0 Å². The molecule has 0 unspecified atom stereocenters. The quantitative estimate of drug-likeness (QED) is 0.517. The van der Waals surface area contributed by atoms with Gasteiger partial charge in [-0.15, -0.1) is 0 Å². The van der Waals surface area contributed by atoms with Crippen LogP contribution in [0.1, 0.15) is 15.9 Å². The van der Waals surface area contributed by atoms with E-state index in [-0.39, 0.29) is 5.91 Å². The van der Waals surface area contributed by atoms with Gasteiger partial charge in [0.25, 0.3) is 5.91 Å². The number of nitrogens with zero attached hydrogens (tertiary/aromatic N) is 2. The van der Waals surface area contributed by atoms with E-state index >= 15 is 0 Å². The number of benzene rings is 2. The van der Waals surface area contributed by atoms with Crippen LogP contribution in [-0.4, -0.2) is 26.2 Å². The number of carbonyl (C=O) groups excluding carboxylic acids is 1. The summed E-state index contributed by atoms with van der Waals surface area (Å²) in [4.78, 5) is 13.9. The van der Waals surface area contributed by atoms with Gasteiger partial charge < -0.3 is 10.6 Å². The van der Waals surface area contributed by atoms with E-state index in [0.29, 0.717) is 21.8 Å². The molecule has 114 valence electrons. The third-order valence-corrected chi connectivity index (χ3v) is 3.40. The lowest BCUT2D eigenvalue weighted by atomic mass is 10.2. The van der Waals surface area contributed by atoms with Crippen LogP contribution in [0.25, 0.3) is 0 Å². The van der Waals surface area contributed by atoms with Crippen LogP contribution in [0.15, 0.2) is 47.6 Å². The number of halogens is 1. The molecule has 0 heterocycles. The lowest BCUT2D eigenvalue weighted by Crippen LogP contribution is -2.19. The van der Waals surface area contributed by atoms with E-state index in [1.54, 1.807) is 24.3 Å². The van der Waals surface area contributed by atoms with Crippen LogP contribution in [0.2, 0.25) is 5.02 Å².